The first-order chi connectivity index (χ1) is 14.0. The van der Waals surface area contributed by atoms with E-state index in [0.717, 1.165) is 5.56 Å². The molecule has 2 aromatic heterocycles. The molecule has 0 spiro atoms. The Kier molecular flexibility index (Phi) is 6.61. The molecule has 2 aromatic rings. The van der Waals surface area contributed by atoms with Crippen LogP contribution in [0.4, 0.5) is 5.69 Å². The number of likely N-dealkylation sites (tertiary alicyclic amines) is 1. The molecule has 9 nitrogen and oxygen atoms in total. The number of pyridine rings is 1. The molecule has 3 heterocycles. The predicted molar refractivity (Wildman–Crippen MR) is 111 cm³/mol. The molecule has 0 aromatic carbocycles. The van der Waals surface area contributed by atoms with E-state index in [1.54, 1.807) is 29.3 Å². The van der Waals surface area contributed by atoms with Crippen molar-refractivity contribution < 1.29 is 9.53 Å². The normalized spacial score (nSPS) is 14.3. The molecule has 1 aliphatic heterocycles. The summed E-state index contributed by atoms with van der Waals surface area (Å²) >= 11 is 0. The Labute approximate surface area is 169 Å². The Balaban J connectivity index is 1.58. The molecular formula is C20H26N6O3. The summed E-state index contributed by atoms with van der Waals surface area (Å²) in [5.74, 6) is 0.421. The Morgan fingerprint density at radius 3 is 2.90 bits per heavy atom. The highest BCUT2D eigenvalue weighted by molar-refractivity contribution is 5.88. The summed E-state index contributed by atoms with van der Waals surface area (Å²) in [6.07, 6.45) is 6.42. The molecule has 9 heteroatoms. The number of H-pyrrole nitrogens is 1. The quantitative estimate of drug-likeness (QED) is 0.569. The Morgan fingerprint density at radius 2 is 2.17 bits per heavy atom. The first-order valence-electron chi connectivity index (χ1n) is 9.50. The number of hydrogen-bond acceptors (Lipinski definition) is 7. The van der Waals surface area contributed by atoms with E-state index in [9.17, 15) is 9.59 Å². The molecule has 3 N–H and O–H groups in total. The van der Waals surface area contributed by atoms with Crippen molar-refractivity contribution in [3.8, 4) is 17.1 Å². The molecule has 29 heavy (non-hydrogen) atoms. The number of carbonyl (C=O) groups is 1. The van der Waals surface area contributed by atoms with Crippen LogP contribution in [0.3, 0.4) is 0 Å². The average Bonchev–Trinajstić information content (AvgIpc) is 2.68. The van der Waals surface area contributed by atoms with E-state index >= 15 is 0 Å². The number of rotatable bonds is 8. The van der Waals surface area contributed by atoms with Crippen molar-refractivity contribution in [2.75, 3.05) is 32.1 Å². The average molecular weight is 398 g/mol. The van der Waals surface area contributed by atoms with Crippen LogP contribution in [0.25, 0.3) is 11.3 Å². The number of ether oxygens (including phenoxy) is 1. The van der Waals surface area contributed by atoms with Gasteiger partial charge in [-0.25, -0.2) is 9.97 Å². The van der Waals surface area contributed by atoms with Crippen molar-refractivity contribution in [3.63, 3.8) is 0 Å². The van der Waals surface area contributed by atoms with Crippen LogP contribution in [0.5, 0.6) is 5.88 Å². The molecule has 154 valence electrons. The SMILES string of the molecule is COc1cc(-c2c[nH]c(=O)c(NC3CN(C(=O)C=CCNC(C)C)C3)c2)ncn1. The van der Waals surface area contributed by atoms with Gasteiger partial charge in [-0.2, -0.15) is 0 Å². The van der Waals surface area contributed by atoms with Crippen LogP contribution in [0.2, 0.25) is 0 Å². The van der Waals surface area contributed by atoms with Gasteiger partial charge in [0.2, 0.25) is 11.8 Å². The maximum atomic E-state index is 12.2. The van der Waals surface area contributed by atoms with Gasteiger partial charge in [-0.3, -0.25) is 9.59 Å². The van der Waals surface area contributed by atoms with Crippen LogP contribution < -0.4 is 20.9 Å². The zero-order valence-electron chi connectivity index (χ0n) is 16.8. The summed E-state index contributed by atoms with van der Waals surface area (Å²) in [5, 5.41) is 6.43. The fraction of sp³-hybridized carbons (Fsp3) is 0.400. The minimum atomic E-state index is -0.223. The van der Waals surface area contributed by atoms with Gasteiger partial charge in [0, 0.05) is 49.6 Å². The molecule has 1 saturated heterocycles. The summed E-state index contributed by atoms with van der Waals surface area (Å²) < 4.78 is 5.12. The van der Waals surface area contributed by atoms with E-state index in [-0.39, 0.29) is 17.5 Å². The molecule has 0 bridgehead atoms. The largest absolute Gasteiger partial charge is 0.481 e. The van der Waals surface area contributed by atoms with Gasteiger partial charge in [-0.05, 0) is 6.07 Å². The highest BCUT2D eigenvalue weighted by atomic mass is 16.5. The van der Waals surface area contributed by atoms with Crippen molar-refractivity contribution >= 4 is 11.6 Å². The Hall–Kier alpha value is -3.20. The number of anilines is 1. The molecule has 0 aliphatic carbocycles. The maximum Gasteiger partial charge on any atom is 0.271 e. The van der Waals surface area contributed by atoms with Crippen LogP contribution in [0, 0.1) is 0 Å². The smallest absolute Gasteiger partial charge is 0.271 e. The van der Waals surface area contributed by atoms with Crippen molar-refractivity contribution in [1.29, 1.82) is 0 Å². The monoisotopic (exact) mass is 398 g/mol. The van der Waals surface area contributed by atoms with Gasteiger partial charge < -0.3 is 25.3 Å². The van der Waals surface area contributed by atoms with E-state index < -0.39 is 0 Å². The number of carbonyl (C=O) groups excluding carboxylic acids is 1. The Morgan fingerprint density at radius 1 is 1.38 bits per heavy atom. The number of methoxy groups -OCH3 is 1. The summed E-state index contributed by atoms with van der Waals surface area (Å²) in [6, 6.07) is 3.84. The molecule has 3 rings (SSSR count). The number of hydrogen-bond donors (Lipinski definition) is 3. The minimum Gasteiger partial charge on any atom is -0.481 e. The highest BCUT2D eigenvalue weighted by Crippen LogP contribution is 2.21. The third-order valence-electron chi connectivity index (χ3n) is 4.51. The number of aromatic nitrogens is 3. The zero-order chi connectivity index (χ0) is 20.8. The number of amides is 1. The van der Waals surface area contributed by atoms with Crippen molar-refractivity contribution in [1.82, 2.24) is 25.2 Å². The number of nitrogens with zero attached hydrogens (tertiary/aromatic N) is 3. The van der Waals surface area contributed by atoms with Crippen LogP contribution in [0.1, 0.15) is 13.8 Å². The molecule has 1 fully saturated rings. The summed E-state index contributed by atoms with van der Waals surface area (Å²) in [4.78, 5) is 36.9. The van der Waals surface area contributed by atoms with Crippen molar-refractivity contribution in [2.45, 2.75) is 25.9 Å². The van der Waals surface area contributed by atoms with E-state index in [0.29, 0.717) is 42.9 Å². The van der Waals surface area contributed by atoms with Gasteiger partial charge in [0.25, 0.3) is 5.56 Å². The predicted octanol–water partition coefficient (Wildman–Crippen LogP) is 1.02. The lowest BCUT2D eigenvalue weighted by atomic mass is 10.1. The zero-order valence-corrected chi connectivity index (χ0v) is 16.8. The van der Waals surface area contributed by atoms with E-state index in [4.69, 9.17) is 4.74 Å². The van der Waals surface area contributed by atoms with Gasteiger partial charge in [-0.15, -0.1) is 0 Å². The lowest BCUT2D eigenvalue weighted by Crippen LogP contribution is -2.57. The second kappa shape index (κ2) is 9.33. The maximum absolute atomic E-state index is 12.2. The summed E-state index contributed by atoms with van der Waals surface area (Å²) in [7, 11) is 1.53. The van der Waals surface area contributed by atoms with Gasteiger partial charge in [0.05, 0.1) is 18.8 Å². The first kappa shape index (κ1) is 20.5. The molecule has 0 atom stereocenters. The third kappa shape index (κ3) is 5.41. The van der Waals surface area contributed by atoms with Gasteiger partial charge in [-0.1, -0.05) is 19.9 Å². The fourth-order valence-electron chi connectivity index (χ4n) is 2.89. The summed E-state index contributed by atoms with van der Waals surface area (Å²) in [6.45, 7) is 5.87. The molecule has 0 radical (unpaired) electrons. The first-order valence-corrected chi connectivity index (χ1v) is 9.50. The fourth-order valence-corrected chi connectivity index (χ4v) is 2.89. The van der Waals surface area contributed by atoms with Crippen LogP contribution in [0.15, 0.2) is 41.6 Å². The van der Waals surface area contributed by atoms with Crippen molar-refractivity contribution in [3.05, 3.63) is 47.2 Å². The van der Waals surface area contributed by atoms with E-state index in [1.807, 2.05) is 6.08 Å². The van der Waals surface area contributed by atoms with Crippen LogP contribution in [-0.2, 0) is 4.79 Å². The van der Waals surface area contributed by atoms with Gasteiger partial charge in [0.15, 0.2) is 0 Å². The second-order valence-corrected chi connectivity index (χ2v) is 7.13. The van der Waals surface area contributed by atoms with E-state index in [2.05, 4.69) is 39.4 Å². The van der Waals surface area contributed by atoms with Crippen molar-refractivity contribution in [2.24, 2.45) is 0 Å². The molecule has 1 aliphatic rings. The third-order valence-corrected chi connectivity index (χ3v) is 4.51. The van der Waals surface area contributed by atoms with Gasteiger partial charge >= 0.3 is 0 Å². The molecular weight excluding hydrogens is 372 g/mol. The molecule has 0 unspecified atom stereocenters. The van der Waals surface area contributed by atoms with Crippen LogP contribution in [-0.4, -0.2) is 64.6 Å². The van der Waals surface area contributed by atoms with Gasteiger partial charge in [0.1, 0.15) is 12.0 Å². The van der Waals surface area contributed by atoms with Crippen LogP contribution >= 0.6 is 0 Å². The minimum absolute atomic E-state index is 0.0238. The Bertz CT molecular complexity index is 934. The molecule has 1 amide bonds. The lowest BCUT2D eigenvalue weighted by molar-refractivity contribution is -0.129. The molecule has 0 saturated carbocycles. The lowest BCUT2D eigenvalue weighted by Gasteiger charge is -2.39. The second-order valence-electron chi connectivity index (χ2n) is 7.13. The number of aromatic amines is 1. The number of nitrogens with one attached hydrogen (secondary N) is 3. The standard InChI is InChI=1S/C20H26N6O3/c1-13(2)21-6-4-5-19(27)26-10-15(11-26)25-17-7-14(9-22-20(17)28)16-8-18(29-3)24-12-23-16/h4-5,7-9,12-13,15,21,25H,6,10-11H2,1-3H3,(H,22,28). The topological polar surface area (TPSA) is 112 Å². The summed E-state index contributed by atoms with van der Waals surface area (Å²) in [5.41, 5.74) is 1.59. The highest BCUT2D eigenvalue weighted by Gasteiger charge is 2.29. The van der Waals surface area contributed by atoms with E-state index in [1.165, 1.54) is 13.4 Å².